The second-order valence-corrected chi connectivity index (χ2v) is 4.77. The lowest BCUT2D eigenvalue weighted by molar-refractivity contribution is -0.137. The van der Waals surface area contributed by atoms with Gasteiger partial charge in [-0.1, -0.05) is 0 Å². The lowest BCUT2D eigenvalue weighted by Crippen LogP contribution is -2.46. The summed E-state index contributed by atoms with van der Waals surface area (Å²) < 4.78 is 38.7. The maximum atomic E-state index is 12.9. The number of anilines is 1. The molecule has 0 amide bonds. The molecular weight excluding hydrogens is 271 g/mol. The second kappa shape index (κ2) is 4.46. The van der Waals surface area contributed by atoms with Crippen molar-refractivity contribution in [3.8, 4) is 0 Å². The maximum Gasteiger partial charge on any atom is 0.419 e. The molecule has 0 radical (unpaired) electrons. The molecule has 0 unspecified atom stereocenters. The quantitative estimate of drug-likeness (QED) is 0.917. The number of H-pyrrole nitrogens is 1. The van der Waals surface area contributed by atoms with Crippen LogP contribution in [-0.2, 0) is 6.18 Å². The third kappa shape index (κ3) is 2.21. The molecule has 0 spiro atoms. The van der Waals surface area contributed by atoms with Gasteiger partial charge in [0.15, 0.2) is 5.82 Å². The number of hydrogen-bond donors (Lipinski definition) is 1. The van der Waals surface area contributed by atoms with E-state index >= 15 is 0 Å². The van der Waals surface area contributed by atoms with Gasteiger partial charge in [-0.25, -0.2) is 4.98 Å². The summed E-state index contributed by atoms with van der Waals surface area (Å²) in [6.45, 7) is 2.74. The Morgan fingerprint density at radius 3 is 2.70 bits per heavy atom. The molecule has 1 fully saturated rings. The number of aryl methyl sites for hydroxylation is 1. The van der Waals surface area contributed by atoms with Gasteiger partial charge in [-0.05, 0) is 13.0 Å². The smallest absolute Gasteiger partial charge is 0.369 e. The van der Waals surface area contributed by atoms with E-state index in [0.717, 1.165) is 6.20 Å². The van der Waals surface area contributed by atoms with Crippen molar-refractivity contribution in [1.29, 1.82) is 0 Å². The molecule has 2 aromatic rings. The van der Waals surface area contributed by atoms with Crippen molar-refractivity contribution in [2.24, 2.45) is 0 Å². The predicted molar refractivity (Wildman–Crippen MR) is 65.3 cm³/mol. The fourth-order valence-electron chi connectivity index (χ4n) is 2.26. The lowest BCUT2D eigenvalue weighted by Gasteiger charge is -2.40. The summed E-state index contributed by atoms with van der Waals surface area (Å²) in [6.07, 6.45) is -2.16. The van der Waals surface area contributed by atoms with Crippen molar-refractivity contribution in [3.63, 3.8) is 0 Å². The molecule has 0 bridgehead atoms. The van der Waals surface area contributed by atoms with E-state index in [1.54, 1.807) is 11.8 Å². The van der Waals surface area contributed by atoms with Crippen LogP contribution in [0.2, 0.25) is 0 Å². The molecule has 0 aliphatic carbocycles. The van der Waals surface area contributed by atoms with Crippen molar-refractivity contribution < 1.29 is 13.2 Å². The number of rotatable bonds is 2. The summed E-state index contributed by atoms with van der Waals surface area (Å²) in [6, 6.07) is 1.39. The Labute approximate surface area is 112 Å². The molecule has 1 N–H and O–H groups in total. The Bertz CT molecular complexity index is 616. The van der Waals surface area contributed by atoms with E-state index in [2.05, 4.69) is 20.2 Å². The Morgan fingerprint density at radius 2 is 2.10 bits per heavy atom. The molecule has 3 rings (SSSR count). The number of aromatic amines is 1. The predicted octanol–water partition coefficient (Wildman–Crippen LogP) is 2.13. The maximum absolute atomic E-state index is 12.9. The number of nitrogens with zero attached hydrogens (tertiary/aromatic N) is 4. The Hall–Kier alpha value is -2.12. The molecule has 0 aromatic carbocycles. The van der Waals surface area contributed by atoms with Crippen LogP contribution < -0.4 is 4.90 Å². The van der Waals surface area contributed by atoms with E-state index in [0.29, 0.717) is 24.7 Å². The van der Waals surface area contributed by atoms with Gasteiger partial charge in [-0.3, -0.25) is 10.1 Å². The number of pyridine rings is 1. The summed E-state index contributed by atoms with van der Waals surface area (Å²) in [5.41, 5.74) is -0.541. The minimum atomic E-state index is -4.39. The molecule has 20 heavy (non-hydrogen) atoms. The minimum absolute atomic E-state index is 0.0641. The van der Waals surface area contributed by atoms with Gasteiger partial charge in [0.25, 0.3) is 0 Å². The summed E-state index contributed by atoms with van der Waals surface area (Å²) in [4.78, 5) is 9.43. The van der Waals surface area contributed by atoms with Crippen LogP contribution in [-0.4, -0.2) is 33.3 Å². The van der Waals surface area contributed by atoms with E-state index in [-0.39, 0.29) is 11.6 Å². The van der Waals surface area contributed by atoms with Crippen molar-refractivity contribution in [2.75, 3.05) is 18.0 Å². The zero-order valence-corrected chi connectivity index (χ0v) is 10.6. The third-order valence-electron chi connectivity index (χ3n) is 3.31. The lowest BCUT2D eigenvalue weighted by atomic mass is 9.97. The Kier molecular flexibility index (Phi) is 2.88. The fraction of sp³-hybridized carbons (Fsp3) is 0.417. The van der Waals surface area contributed by atoms with Crippen LogP contribution in [0.1, 0.15) is 23.1 Å². The van der Waals surface area contributed by atoms with Gasteiger partial charge in [-0.15, -0.1) is 0 Å². The molecule has 8 heteroatoms. The first kappa shape index (κ1) is 12.9. The van der Waals surface area contributed by atoms with Crippen molar-refractivity contribution in [3.05, 3.63) is 35.7 Å². The average Bonchev–Trinajstić information content (AvgIpc) is 2.73. The summed E-state index contributed by atoms with van der Waals surface area (Å²) >= 11 is 0. The highest BCUT2D eigenvalue weighted by molar-refractivity contribution is 5.56. The second-order valence-electron chi connectivity index (χ2n) is 4.77. The highest BCUT2D eigenvalue weighted by Crippen LogP contribution is 2.39. The van der Waals surface area contributed by atoms with Crippen LogP contribution in [0.25, 0.3) is 0 Å². The topological polar surface area (TPSA) is 57.7 Å². The highest BCUT2D eigenvalue weighted by atomic mass is 19.4. The fourth-order valence-corrected chi connectivity index (χ4v) is 2.26. The normalized spacial score (nSPS) is 16.3. The van der Waals surface area contributed by atoms with E-state index in [4.69, 9.17) is 0 Å². The van der Waals surface area contributed by atoms with Gasteiger partial charge in [-0.2, -0.15) is 18.3 Å². The van der Waals surface area contributed by atoms with Gasteiger partial charge < -0.3 is 4.90 Å². The molecule has 2 aromatic heterocycles. The third-order valence-corrected chi connectivity index (χ3v) is 3.31. The monoisotopic (exact) mass is 283 g/mol. The summed E-state index contributed by atoms with van der Waals surface area (Å²) in [5, 5.41) is 6.78. The largest absolute Gasteiger partial charge is 0.419 e. The summed E-state index contributed by atoms with van der Waals surface area (Å²) in [5.74, 6) is 1.42. The minimum Gasteiger partial charge on any atom is -0.369 e. The number of aromatic nitrogens is 4. The number of nitrogens with one attached hydrogen (secondary N) is 1. The first-order valence-corrected chi connectivity index (χ1v) is 6.10. The average molecular weight is 283 g/mol. The summed E-state index contributed by atoms with van der Waals surface area (Å²) in [7, 11) is 0. The molecule has 0 saturated carbocycles. The van der Waals surface area contributed by atoms with E-state index in [1.807, 2.05) is 0 Å². The highest BCUT2D eigenvalue weighted by Gasteiger charge is 2.39. The van der Waals surface area contributed by atoms with Gasteiger partial charge in [0.05, 0.1) is 17.2 Å². The molecule has 106 valence electrons. The van der Waals surface area contributed by atoms with Crippen molar-refractivity contribution >= 4 is 5.69 Å². The van der Waals surface area contributed by atoms with Crippen molar-refractivity contribution in [1.82, 2.24) is 20.2 Å². The van der Waals surface area contributed by atoms with Crippen LogP contribution in [0.5, 0.6) is 0 Å². The number of hydrogen-bond acceptors (Lipinski definition) is 4. The van der Waals surface area contributed by atoms with Crippen LogP contribution >= 0.6 is 0 Å². The van der Waals surface area contributed by atoms with E-state index < -0.39 is 11.7 Å². The molecule has 3 heterocycles. The standard InChI is InChI=1S/C12H12F3N5/c1-7-17-11(19-18-7)8-5-20(6-8)10-2-3-16-4-9(10)12(13,14)15/h2-4,8H,5-6H2,1H3,(H,17,18,19). The van der Waals surface area contributed by atoms with E-state index in [9.17, 15) is 13.2 Å². The first-order valence-electron chi connectivity index (χ1n) is 6.10. The molecular formula is C12H12F3N5. The SMILES string of the molecule is Cc1nc(C2CN(c3ccncc3C(F)(F)F)C2)n[nH]1. The number of alkyl halides is 3. The molecule has 0 atom stereocenters. The Balaban J connectivity index is 1.77. The van der Waals surface area contributed by atoms with E-state index in [1.165, 1.54) is 12.3 Å². The van der Waals surface area contributed by atoms with Gasteiger partial charge >= 0.3 is 6.18 Å². The Morgan fingerprint density at radius 1 is 1.35 bits per heavy atom. The zero-order chi connectivity index (χ0) is 14.3. The first-order chi connectivity index (χ1) is 9.45. The molecule has 1 aliphatic rings. The van der Waals surface area contributed by atoms with Crippen LogP contribution in [0.3, 0.4) is 0 Å². The molecule has 1 aliphatic heterocycles. The zero-order valence-electron chi connectivity index (χ0n) is 10.6. The van der Waals surface area contributed by atoms with Crippen LogP contribution in [0, 0.1) is 6.92 Å². The van der Waals surface area contributed by atoms with Gasteiger partial charge in [0.2, 0.25) is 0 Å². The number of halogens is 3. The van der Waals surface area contributed by atoms with Crippen LogP contribution in [0.4, 0.5) is 18.9 Å². The van der Waals surface area contributed by atoms with Gasteiger partial charge in [0, 0.05) is 25.5 Å². The van der Waals surface area contributed by atoms with Crippen molar-refractivity contribution in [2.45, 2.75) is 19.0 Å². The van der Waals surface area contributed by atoms with Crippen LogP contribution in [0.15, 0.2) is 18.5 Å². The van der Waals surface area contributed by atoms with Gasteiger partial charge in [0.1, 0.15) is 5.82 Å². The molecule has 1 saturated heterocycles. The molecule has 5 nitrogen and oxygen atoms in total.